The van der Waals surface area contributed by atoms with Crippen LogP contribution in [-0.2, 0) is 12.8 Å². The Morgan fingerprint density at radius 1 is 1.29 bits per heavy atom. The van der Waals surface area contributed by atoms with Gasteiger partial charge in [-0.2, -0.15) is 5.26 Å². The van der Waals surface area contributed by atoms with Gasteiger partial charge in [0.2, 0.25) is 0 Å². The average Bonchev–Trinajstić information content (AvgIpc) is 2.18. The van der Waals surface area contributed by atoms with E-state index in [0.29, 0.717) is 12.3 Å². The Balaban J connectivity index is 3.08. The summed E-state index contributed by atoms with van der Waals surface area (Å²) in [6.45, 7) is 6.49. The highest BCUT2D eigenvalue weighted by Gasteiger charge is 2.04. The quantitative estimate of drug-likeness (QED) is 0.711. The normalized spacial score (nSPS) is 10.2. The van der Waals surface area contributed by atoms with E-state index in [9.17, 15) is 0 Å². The molecular formula is C13H17N. The molecule has 1 aromatic rings. The molecule has 74 valence electrons. The SMILES string of the molecule is CCc1ccc(C(C)C)cc1CC#N. The van der Waals surface area contributed by atoms with E-state index in [0.717, 1.165) is 6.42 Å². The summed E-state index contributed by atoms with van der Waals surface area (Å²) in [6, 6.07) is 8.72. The zero-order valence-corrected chi connectivity index (χ0v) is 9.17. The standard InChI is InChI=1S/C13H17N/c1-4-11-5-6-12(10(2)3)9-13(11)7-8-14/h5-6,9-10H,4,7H2,1-3H3. The first-order chi connectivity index (χ1) is 6.69. The Kier molecular flexibility index (Phi) is 3.71. The van der Waals surface area contributed by atoms with Crippen molar-refractivity contribution in [3.05, 3.63) is 34.9 Å². The lowest BCUT2D eigenvalue weighted by molar-refractivity contribution is 0.860. The van der Waals surface area contributed by atoms with Crippen LogP contribution in [-0.4, -0.2) is 0 Å². The monoisotopic (exact) mass is 187 g/mol. The van der Waals surface area contributed by atoms with Crippen molar-refractivity contribution in [3.8, 4) is 6.07 Å². The molecule has 0 atom stereocenters. The van der Waals surface area contributed by atoms with Crippen molar-refractivity contribution in [3.63, 3.8) is 0 Å². The third-order valence-electron chi connectivity index (χ3n) is 2.55. The van der Waals surface area contributed by atoms with Gasteiger partial charge in [0.1, 0.15) is 0 Å². The minimum Gasteiger partial charge on any atom is -0.198 e. The summed E-state index contributed by atoms with van der Waals surface area (Å²) in [4.78, 5) is 0. The second-order valence-corrected chi connectivity index (χ2v) is 3.87. The Hall–Kier alpha value is -1.29. The molecule has 1 aromatic carbocycles. The summed E-state index contributed by atoms with van der Waals surface area (Å²) in [5, 5.41) is 8.72. The number of nitrogens with zero attached hydrogens (tertiary/aromatic N) is 1. The fraction of sp³-hybridized carbons (Fsp3) is 0.462. The van der Waals surface area contributed by atoms with Gasteiger partial charge < -0.3 is 0 Å². The number of rotatable bonds is 3. The maximum atomic E-state index is 8.72. The number of aryl methyl sites for hydroxylation is 1. The van der Waals surface area contributed by atoms with E-state index in [1.807, 2.05) is 0 Å². The molecule has 0 heterocycles. The molecule has 0 saturated heterocycles. The Morgan fingerprint density at radius 2 is 2.00 bits per heavy atom. The van der Waals surface area contributed by atoms with Gasteiger partial charge in [-0.15, -0.1) is 0 Å². The fourth-order valence-corrected chi connectivity index (χ4v) is 1.60. The maximum absolute atomic E-state index is 8.72. The molecule has 0 aromatic heterocycles. The Morgan fingerprint density at radius 3 is 2.50 bits per heavy atom. The second kappa shape index (κ2) is 4.81. The van der Waals surface area contributed by atoms with Crippen LogP contribution in [0.5, 0.6) is 0 Å². The zero-order chi connectivity index (χ0) is 10.6. The van der Waals surface area contributed by atoms with E-state index >= 15 is 0 Å². The van der Waals surface area contributed by atoms with Crippen LogP contribution in [0.2, 0.25) is 0 Å². The van der Waals surface area contributed by atoms with Crippen molar-refractivity contribution >= 4 is 0 Å². The summed E-state index contributed by atoms with van der Waals surface area (Å²) in [5.41, 5.74) is 3.82. The third kappa shape index (κ3) is 2.35. The van der Waals surface area contributed by atoms with Gasteiger partial charge in [0.25, 0.3) is 0 Å². The molecule has 1 nitrogen and oxygen atoms in total. The highest BCUT2D eigenvalue weighted by molar-refractivity contribution is 5.35. The Labute approximate surface area is 86.4 Å². The molecule has 0 radical (unpaired) electrons. The largest absolute Gasteiger partial charge is 0.198 e. The highest BCUT2D eigenvalue weighted by atomic mass is 14.2. The first-order valence-electron chi connectivity index (χ1n) is 5.17. The van der Waals surface area contributed by atoms with Gasteiger partial charge in [-0.05, 0) is 29.0 Å². The molecule has 0 unspecified atom stereocenters. The minimum atomic E-state index is 0.531. The van der Waals surface area contributed by atoms with E-state index < -0.39 is 0 Å². The maximum Gasteiger partial charge on any atom is 0.0669 e. The van der Waals surface area contributed by atoms with E-state index in [-0.39, 0.29) is 0 Å². The molecule has 0 aliphatic rings. The van der Waals surface area contributed by atoms with Gasteiger partial charge in [-0.3, -0.25) is 0 Å². The van der Waals surface area contributed by atoms with Crippen LogP contribution in [0.1, 0.15) is 43.4 Å². The molecule has 1 heteroatoms. The van der Waals surface area contributed by atoms with Crippen LogP contribution in [0, 0.1) is 11.3 Å². The van der Waals surface area contributed by atoms with Gasteiger partial charge in [0.15, 0.2) is 0 Å². The molecule has 0 aliphatic heterocycles. The smallest absolute Gasteiger partial charge is 0.0669 e. The predicted molar refractivity (Wildman–Crippen MR) is 59.2 cm³/mol. The van der Waals surface area contributed by atoms with E-state index in [1.165, 1.54) is 16.7 Å². The number of hydrogen-bond donors (Lipinski definition) is 0. The van der Waals surface area contributed by atoms with Crippen molar-refractivity contribution in [2.24, 2.45) is 0 Å². The summed E-state index contributed by atoms with van der Waals surface area (Å²) in [6.07, 6.45) is 1.54. The summed E-state index contributed by atoms with van der Waals surface area (Å²) in [7, 11) is 0. The van der Waals surface area contributed by atoms with Gasteiger partial charge in [-0.25, -0.2) is 0 Å². The molecule has 0 amide bonds. The second-order valence-electron chi connectivity index (χ2n) is 3.87. The van der Waals surface area contributed by atoms with Crippen LogP contribution in [0.15, 0.2) is 18.2 Å². The molecular weight excluding hydrogens is 170 g/mol. The summed E-state index contributed by atoms with van der Waals surface area (Å²) < 4.78 is 0. The van der Waals surface area contributed by atoms with Crippen LogP contribution in [0.3, 0.4) is 0 Å². The number of nitriles is 1. The highest BCUT2D eigenvalue weighted by Crippen LogP contribution is 2.19. The first-order valence-corrected chi connectivity index (χ1v) is 5.17. The molecule has 0 fully saturated rings. The predicted octanol–water partition coefficient (Wildman–Crippen LogP) is 3.44. The molecule has 0 bridgehead atoms. The van der Waals surface area contributed by atoms with Gasteiger partial charge in [-0.1, -0.05) is 39.0 Å². The number of benzene rings is 1. The first kappa shape index (κ1) is 10.8. The molecule has 0 spiro atoms. The van der Waals surface area contributed by atoms with Gasteiger partial charge >= 0.3 is 0 Å². The van der Waals surface area contributed by atoms with Crippen molar-refractivity contribution < 1.29 is 0 Å². The fourth-order valence-electron chi connectivity index (χ4n) is 1.60. The lowest BCUT2D eigenvalue weighted by Crippen LogP contribution is -1.95. The van der Waals surface area contributed by atoms with E-state index in [4.69, 9.17) is 5.26 Å². The molecule has 0 N–H and O–H groups in total. The lowest BCUT2D eigenvalue weighted by Gasteiger charge is -2.10. The molecule has 0 saturated carbocycles. The summed E-state index contributed by atoms with van der Waals surface area (Å²) in [5.74, 6) is 0.540. The van der Waals surface area contributed by atoms with Crippen LogP contribution < -0.4 is 0 Å². The van der Waals surface area contributed by atoms with E-state index in [2.05, 4.69) is 45.0 Å². The lowest BCUT2D eigenvalue weighted by atomic mass is 9.95. The average molecular weight is 187 g/mol. The van der Waals surface area contributed by atoms with Crippen LogP contribution >= 0.6 is 0 Å². The van der Waals surface area contributed by atoms with Crippen molar-refractivity contribution in [2.75, 3.05) is 0 Å². The minimum absolute atomic E-state index is 0.531. The molecule has 14 heavy (non-hydrogen) atoms. The molecule has 0 aliphatic carbocycles. The molecule has 1 rings (SSSR count). The van der Waals surface area contributed by atoms with E-state index in [1.54, 1.807) is 0 Å². The summed E-state index contributed by atoms with van der Waals surface area (Å²) >= 11 is 0. The van der Waals surface area contributed by atoms with Crippen LogP contribution in [0.25, 0.3) is 0 Å². The van der Waals surface area contributed by atoms with Crippen LogP contribution in [0.4, 0.5) is 0 Å². The Bertz CT molecular complexity index is 345. The zero-order valence-electron chi connectivity index (χ0n) is 9.17. The van der Waals surface area contributed by atoms with Gasteiger partial charge in [0, 0.05) is 0 Å². The van der Waals surface area contributed by atoms with Crippen molar-refractivity contribution in [1.29, 1.82) is 5.26 Å². The van der Waals surface area contributed by atoms with Gasteiger partial charge in [0.05, 0.1) is 12.5 Å². The van der Waals surface area contributed by atoms with Crippen molar-refractivity contribution in [1.82, 2.24) is 0 Å². The number of hydrogen-bond acceptors (Lipinski definition) is 1. The topological polar surface area (TPSA) is 23.8 Å². The van der Waals surface area contributed by atoms with Crippen molar-refractivity contribution in [2.45, 2.75) is 39.5 Å². The third-order valence-corrected chi connectivity index (χ3v) is 2.55.